The molecule has 0 aromatic carbocycles. The van der Waals surface area contributed by atoms with Gasteiger partial charge in [-0.05, 0) is 50.4 Å². The van der Waals surface area contributed by atoms with Gasteiger partial charge >= 0.3 is 0 Å². The van der Waals surface area contributed by atoms with E-state index in [9.17, 15) is 5.26 Å². The second-order valence-electron chi connectivity index (χ2n) is 8.82. The van der Waals surface area contributed by atoms with Crippen molar-refractivity contribution < 1.29 is 0 Å². The van der Waals surface area contributed by atoms with Crippen molar-refractivity contribution in [3.05, 3.63) is 11.9 Å². The van der Waals surface area contributed by atoms with Crippen LogP contribution < -0.4 is 0 Å². The maximum absolute atomic E-state index is 9.44. The molecule has 0 amide bonds. The monoisotopic (exact) mass is 340 g/mol. The average molecular weight is 341 g/mol. The second-order valence-corrected chi connectivity index (χ2v) is 8.82. The van der Waals surface area contributed by atoms with Crippen LogP contribution in [-0.2, 0) is 5.54 Å². The van der Waals surface area contributed by atoms with Crippen LogP contribution in [0.2, 0.25) is 0 Å². The lowest BCUT2D eigenvalue weighted by atomic mass is 9.74. The Kier molecular flexibility index (Phi) is 5.10. The molecule has 0 unspecified atom stereocenters. The van der Waals surface area contributed by atoms with Gasteiger partial charge in [0.15, 0.2) is 5.54 Å². The molecular weight excluding hydrogens is 308 g/mol. The topological polar surface area (TPSA) is 54.5 Å². The first-order valence-electron chi connectivity index (χ1n) is 10.6. The van der Waals surface area contributed by atoms with Gasteiger partial charge in [-0.1, -0.05) is 56.6 Å². The maximum Gasteiger partial charge on any atom is 0.150 e. The Labute approximate surface area is 152 Å². The zero-order chi connectivity index (χ0) is 17.1. The number of nitrogens with zero attached hydrogens (tertiary/aromatic N) is 4. The standard InChI is InChI=1S/C21H32N4/c22-16-21(13-14-21)25-15-20(23-24-25)19(18-9-5-2-6-10-18)12-11-17-7-3-1-4-8-17/h15,17-19H,1-14H2/t19-/m0/s1. The van der Waals surface area contributed by atoms with Crippen LogP contribution in [0.15, 0.2) is 6.20 Å². The molecule has 136 valence electrons. The van der Waals surface area contributed by atoms with Gasteiger partial charge < -0.3 is 0 Å². The smallest absolute Gasteiger partial charge is 0.150 e. The predicted molar refractivity (Wildman–Crippen MR) is 98.0 cm³/mol. The molecule has 3 aliphatic carbocycles. The summed E-state index contributed by atoms with van der Waals surface area (Å²) in [4.78, 5) is 0. The first-order chi connectivity index (χ1) is 12.3. The van der Waals surface area contributed by atoms with Crippen LogP contribution in [0.3, 0.4) is 0 Å². The lowest BCUT2D eigenvalue weighted by Gasteiger charge is -2.31. The quantitative estimate of drug-likeness (QED) is 0.704. The third-order valence-corrected chi connectivity index (χ3v) is 7.09. The summed E-state index contributed by atoms with van der Waals surface area (Å²) in [6.45, 7) is 0. The van der Waals surface area contributed by atoms with Crippen LogP contribution in [-0.4, -0.2) is 15.0 Å². The highest BCUT2D eigenvalue weighted by molar-refractivity contribution is 5.17. The summed E-state index contributed by atoms with van der Waals surface area (Å²) in [6, 6.07) is 2.44. The van der Waals surface area contributed by atoms with Crippen molar-refractivity contribution >= 4 is 0 Å². The molecule has 0 spiro atoms. The minimum Gasteiger partial charge on any atom is -0.232 e. The van der Waals surface area contributed by atoms with Gasteiger partial charge in [0.05, 0.1) is 18.0 Å². The second kappa shape index (κ2) is 7.48. The lowest BCUT2D eigenvalue weighted by Crippen LogP contribution is -2.19. The van der Waals surface area contributed by atoms with Crippen LogP contribution in [0.1, 0.15) is 102 Å². The Hall–Kier alpha value is -1.37. The summed E-state index contributed by atoms with van der Waals surface area (Å²) in [5.41, 5.74) is 0.801. The van der Waals surface area contributed by atoms with Crippen LogP contribution >= 0.6 is 0 Å². The minimum absolute atomic E-state index is 0.369. The summed E-state index contributed by atoms with van der Waals surface area (Å²) in [5.74, 6) is 2.27. The summed E-state index contributed by atoms with van der Waals surface area (Å²) in [7, 11) is 0. The SMILES string of the molecule is N#CC1(n2cc([C@@H](CCC3CCCCC3)C3CCCCC3)nn2)CC1. The molecule has 0 N–H and O–H groups in total. The third kappa shape index (κ3) is 3.76. The highest BCUT2D eigenvalue weighted by Gasteiger charge is 2.47. The van der Waals surface area contributed by atoms with Crippen molar-refractivity contribution in [1.29, 1.82) is 5.26 Å². The molecule has 0 aliphatic heterocycles. The van der Waals surface area contributed by atoms with Gasteiger partial charge in [0.25, 0.3) is 0 Å². The fourth-order valence-corrected chi connectivity index (χ4v) is 5.22. The molecule has 1 heterocycles. The van der Waals surface area contributed by atoms with Crippen LogP contribution in [0, 0.1) is 23.2 Å². The first kappa shape index (κ1) is 17.1. The minimum atomic E-state index is -0.369. The number of hydrogen-bond acceptors (Lipinski definition) is 3. The molecule has 3 aliphatic rings. The van der Waals surface area contributed by atoms with Gasteiger partial charge in [-0.2, -0.15) is 5.26 Å². The van der Waals surface area contributed by atoms with Gasteiger partial charge in [-0.3, -0.25) is 0 Å². The number of rotatable bonds is 6. The molecule has 1 aromatic heterocycles. The zero-order valence-electron chi connectivity index (χ0n) is 15.5. The Morgan fingerprint density at radius 3 is 2.40 bits per heavy atom. The molecule has 25 heavy (non-hydrogen) atoms. The van der Waals surface area contributed by atoms with Crippen LogP contribution in [0.5, 0.6) is 0 Å². The fraction of sp³-hybridized carbons (Fsp3) is 0.857. The van der Waals surface area contributed by atoms with E-state index >= 15 is 0 Å². The van der Waals surface area contributed by atoms with E-state index in [1.54, 1.807) is 0 Å². The normalized spacial score (nSPS) is 25.4. The van der Waals surface area contributed by atoms with Crippen LogP contribution in [0.25, 0.3) is 0 Å². The van der Waals surface area contributed by atoms with E-state index in [1.807, 2.05) is 4.68 Å². The molecule has 0 radical (unpaired) electrons. The first-order valence-corrected chi connectivity index (χ1v) is 10.6. The molecule has 3 saturated carbocycles. The summed E-state index contributed by atoms with van der Waals surface area (Å²) in [5, 5.41) is 18.4. The van der Waals surface area contributed by atoms with Gasteiger partial charge in [0.2, 0.25) is 0 Å². The van der Waals surface area contributed by atoms with Crippen molar-refractivity contribution in [3.8, 4) is 6.07 Å². The number of hydrogen-bond donors (Lipinski definition) is 0. The van der Waals surface area contributed by atoms with E-state index in [4.69, 9.17) is 0 Å². The van der Waals surface area contributed by atoms with Crippen molar-refractivity contribution in [2.75, 3.05) is 0 Å². The maximum atomic E-state index is 9.44. The van der Waals surface area contributed by atoms with E-state index in [0.717, 1.165) is 24.7 Å². The summed E-state index contributed by atoms with van der Waals surface area (Å²) < 4.78 is 1.87. The molecule has 0 saturated heterocycles. The largest absolute Gasteiger partial charge is 0.232 e. The average Bonchev–Trinajstić information content (AvgIpc) is 3.33. The third-order valence-electron chi connectivity index (χ3n) is 7.09. The Morgan fingerprint density at radius 2 is 1.76 bits per heavy atom. The highest BCUT2D eigenvalue weighted by atomic mass is 15.5. The van der Waals surface area contributed by atoms with Crippen LogP contribution in [0.4, 0.5) is 0 Å². The van der Waals surface area contributed by atoms with Gasteiger partial charge in [0.1, 0.15) is 0 Å². The van der Waals surface area contributed by atoms with Crippen molar-refractivity contribution in [1.82, 2.24) is 15.0 Å². The number of nitriles is 1. The van der Waals surface area contributed by atoms with E-state index in [1.165, 1.54) is 82.7 Å². The van der Waals surface area contributed by atoms with E-state index < -0.39 is 0 Å². The highest BCUT2D eigenvalue weighted by Crippen LogP contribution is 2.44. The zero-order valence-corrected chi connectivity index (χ0v) is 15.5. The van der Waals surface area contributed by atoms with E-state index in [2.05, 4.69) is 22.6 Å². The molecule has 4 heteroatoms. The molecule has 4 nitrogen and oxygen atoms in total. The Bertz CT molecular complexity index is 598. The van der Waals surface area contributed by atoms with Gasteiger partial charge in [0, 0.05) is 5.92 Å². The molecule has 0 bridgehead atoms. The van der Waals surface area contributed by atoms with Crippen molar-refractivity contribution in [2.45, 2.75) is 101 Å². The predicted octanol–water partition coefficient (Wildman–Crippen LogP) is 5.32. The molecular formula is C21H32N4. The molecule has 1 aromatic rings. The van der Waals surface area contributed by atoms with Gasteiger partial charge in [-0.15, -0.1) is 5.10 Å². The van der Waals surface area contributed by atoms with Gasteiger partial charge in [-0.25, -0.2) is 4.68 Å². The fourth-order valence-electron chi connectivity index (χ4n) is 5.22. The Morgan fingerprint density at radius 1 is 1.08 bits per heavy atom. The van der Waals surface area contributed by atoms with E-state index in [0.29, 0.717) is 5.92 Å². The molecule has 3 fully saturated rings. The Balaban J connectivity index is 1.47. The number of aromatic nitrogens is 3. The molecule has 4 rings (SSSR count). The van der Waals surface area contributed by atoms with Crippen molar-refractivity contribution in [2.24, 2.45) is 11.8 Å². The lowest BCUT2D eigenvalue weighted by molar-refractivity contribution is 0.259. The van der Waals surface area contributed by atoms with Crippen molar-refractivity contribution in [3.63, 3.8) is 0 Å². The molecule has 1 atom stereocenters. The summed E-state index contributed by atoms with van der Waals surface area (Å²) >= 11 is 0. The van der Waals surface area contributed by atoms with E-state index in [-0.39, 0.29) is 5.54 Å². The summed E-state index contributed by atoms with van der Waals surface area (Å²) in [6.07, 6.45) is 20.6.